The number of hydrogen-bond donors (Lipinski definition) is 2. The van der Waals surface area contributed by atoms with E-state index in [9.17, 15) is 9.59 Å². The van der Waals surface area contributed by atoms with E-state index in [0.717, 1.165) is 13.1 Å². The number of anilines is 2. The van der Waals surface area contributed by atoms with E-state index in [0.29, 0.717) is 18.2 Å². The Kier molecular flexibility index (Phi) is 9.11. The van der Waals surface area contributed by atoms with E-state index >= 15 is 0 Å². The maximum atomic E-state index is 9.55. The van der Waals surface area contributed by atoms with Crippen LogP contribution in [0.2, 0.25) is 0 Å². The van der Waals surface area contributed by atoms with E-state index in [1.807, 2.05) is 11.8 Å². The van der Waals surface area contributed by atoms with Gasteiger partial charge in [-0.15, -0.1) is 0 Å². The summed E-state index contributed by atoms with van der Waals surface area (Å²) in [6.07, 6.45) is 1.12. The molecule has 0 amide bonds. The van der Waals surface area contributed by atoms with Crippen molar-refractivity contribution >= 4 is 35.1 Å². The number of hydrogen-bond acceptors (Lipinski definition) is 6. The van der Waals surface area contributed by atoms with Crippen LogP contribution in [-0.2, 0) is 9.59 Å². The highest BCUT2D eigenvalue weighted by Crippen LogP contribution is 2.47. The second kappa shape index (κ2) is 11.5. The molecule has 2 aromatic rings. The van der Waals surface area contributed by atoms with Crippen molar-refractivity contribution in [2.75, 3.05) is 46.2 Å². The first-order valence-electron chi connectivity index (χ1n) is 9.77. The molecule has 0 spiro atoms. The Morgan fingerprint density at radius 1 is 0.903 bits per heavy atom. The van der Waals surface area contributed by atoms with Gasteiger partial charge in [0.2, 0.25) is 0 Å². The average molecular weight is 444 g/mol. The van der Waals surface area contributed by atoms with Gasteiger partial charge in [0, 0.05) is 41.1 Å². The third kappa shape index (κ3) is 7.43. The van der Waals surface area contributed by atoms with Crippen molar-refractivity contribution in [2.24, 2.45) is 0 Å². The minimum Gasteiger partial charge on any atom is -0.478 e. The second-order valence-electron chi connectivity index (χ2n) is 7.54. The van der Waals surface area contributed by atoms with Crippen molar-refractivity contribution in [3.05, 3.63) is 60.7 Å². The molecule has 7 nitrogen and oxygen atoms in total. The first kappa shape index (κ1) is 24.5. The van der Waals surface area contributed by atoms with Crippen molar-refractivity contribution in [3.8, 4) is 0 Å². The summed E-state index contributed by atoms with van der Waals surface area (Å²) in [5, 5.41) is 15.6. The molecule has 0 saturated heterocycles. The normalized spacial score (nSPS) is 13.4. The number of rotatable bonds is 7. The highest BCUT2D eigenvalue weighted by Gasteiger charge is 2.26. The van der Waals surface area contributed by atoms with Gasteiger partial charge in [-0.1, -0.05) is 36.0 Å². The van der Waals surface area contributed by atoms with Gasteiger partial charge < -0.3 is 24.9 Å². The molecule has 166 valence electrons. The van der Waals surface area contributed by atoms with Crippen LogP contribution in [0, 0.1) is 0 Å². The minimum absolute atomic E-state index is 0.467. The monoisotopic (exact) mass is 443 g/mol. The van der Waals surface area contributed by atoms with E-state index in [4.69, 9.17) is 10.2 Å². The first-order valence-corrected chi connectivity index (χ1v) is 10.6. The zero-order valence-electron chi connectivity index (χ0n) is 18.2. The molecule has 1 atom stereocenters. The van der Waals surface area contributed by atoms with E-state index < -0.39 is 11.9 Å². The molecule has 1 aliphatic rings. The second-order valence-corrected chi connectivity index (χ2v) is 8.62. The Morgan fingerprint density at radius 2 is 1.35 bits per heavy atom. The lowest BCUT2D eigenvalue weighted by Crippen LogP contribution is -2.45. The Bertz CT molecular complexity index is 869. The maximum absolute atomic E-state index is 9.55. The summed E-state index contributed by atoms with van der Waals surface area (Å²) in [7, 11) is 8.63. The van der Waals surface area contributed by atoms with Gasteiger partial charge in [0.25, 0.3) is 0 Å². The van der Waals surface area contributed by atoms with Crippen molar-refractivity contribution in [1.29, 1.82) is 0 Å². The van der Waals surface area contributed by atoms with Crippen LogP contribution in [0.4, 0.5) is 11.4 Å². The summed E-state index contributed by atoms with van der Waals surface area (Å²) >= 11 is 1.87. The number of benzene rings is 2. The molecule has 0 bridgehead atoms. The summed E-state index contributed by atoms with van der Waals surface area (Å²) < 4.78 is 0. The quantitative estimate of drug-likeness (QED) is 0.629. The Hall–Kier alpha value is -2.81. The van der Waals surface area contributed by atoms with Crippen molar-refractivity contribution in [3.63, 3.8) is 0 Å². The molecule has 2 aromatic carbocycles. The summed E-state index contributed by atoms with van der Waals surface area (Å²) in [5.41, 5.74) is 2.64. The van der Waals surface area contributed by atoms with Crippen LogP contribution < -0.4 is 4.90 Å². The lowest BCUT2D eigenvalue weighted by Gasteiger charge is -2.38. The van der Waals surface area contributed by atoms with Gasteiger partial charge in [-0.25, -0.2) is 9.59 Å². The lowest BCUT2D eigenvalue weighted by atomic mass is 10.1. The van der Waals surface area contributed by atoms with Crippen LogP contribution in [0.25, 0.3) is 0 Å². The third-order valence-corrected chi connectivity index (χ3v) is 5.73. The standard InChI is InChI=1S/C19H25N3S.C4H4O4/c1-20(2)13-15(21(3)4)14-22-16-9-5-7-11-18(16)23-19-12-8-6-10-17(19)22;5-3(6)1-2-4(7)8/h5-12,15H,13-14H2,1-4H3;1-2H,(H,5,6)(H,7,8). The van der Waals surface area contributed by atoms with Gasteiger partial charge in [0.05, 0.1) is 11.4 Å². The van der Waals surface area contributed by atoms with Gasteiger partial charge in [-0.05, 0) is 52.5 Å². The molecule has 31 heavy (non-hydrogen) atoms. The molecule has 1 aliphatic heterocycles. The van der Waals surface area contributed by atoms with E-state index in [-0.39, 0.29) is 0 Å². The van der Waals surface area contributed by atoms with Crippen molar-refractivity contribution in [2.45, 2.75) is 15.8 Å². The number of carboxylic acids is 2. The zero-order valence-corrected chi connectivity index (χ0v) is 19.0. The predicted octanol–water partition coefficient (Wildman–Crippen LogP) is 3.49. The smallest absolute Gasteiger partial charge is 0.328 e. The fourth-order valence-corrected chi connectivity index (χ4v) is 4.23. The topological polar surface area (TPSA) is 84.3 Å². The Balaban J connectivity index is 0.000000366. The van der Waals surface area contributed by atoms with Gasteiger partial charge in [-0.3, -0.25) is 0 Å². The molecular formula is C23H29N3O4S. The summed E-state index contributed by atoms with van der Waals surface area (Å²) in [6, 6.07) is 17.9. The number of fused-ring (bicyclic) bond motifs is 2. The van der Waals surface area contributed by atoms with E-state index in [1.165, 1.54) is 21.2 Å². The van der Waals surface area contributed by atoms with E-state index in [1.54, 1.807) is 0 Å². The fourth-order valence-electron chi connectivity index (χ4n) is 3.14. The van der Waals surface area contributed by atoms with E-state index in [2.05, 4.69) is 91.4 Å². The van der Waals surface area contributed by atoms with Crippen LogP contribution in [0.1, 0.15) is 0 Å². The number of aliphatic carboxylic acids is 2. The van der Waals surface area contributed by atoms with Crippen LogP contribution >= 0.6 is 11.8 Å². The molecule has 0 aliphatic carbocycles. The van der Waals surface area contributed by atoms with Gasteiger partial charge in [0.15, 0.2) is 0 Å². The molecule has 0 saturated carbocycles. The third-order valence-electron chi connectivity index (χ3n) is 4.60. The lowest BCUT2D eigenvalue weighted by molar-refractivity contribution is -0.134. The van der Waals surface area contributed by atoms with Gasteiger partial charge >= 0.3 is 11.9 Å². The highest BCUT2D eigenvalue weighted by molar-refractivity contribution is 7.99. The molecule has 1 unspecified atom stereocenters. The Labute approximate surface area is 187 Å². The SMILES string of the molecule is CN(C)CC(CN1c2ccccc2Sc2ccccc21)N(C)C.O=C(O)C=CC(=O)O. The van der Waals surface area contributed by atoms with Gasteiger partial charge in [-0.2, -0.15) is 0 Å². The fraction of sp³-hybridized carbons (Fsp3) is 0.304. The molecular weight excluding hydrogens is 414 g/mol. The summed E-state index contributed by atoms with van der Waals surface area (Å²) in [6.45, 7) is 2.03. The number of carboxylic acid groups (broad SMARTS) is 2. The molecule has 0 radical (unpaired) electrons. The van der Waals surface area contributed by atoms with Crippen molar-refractivity contribution in [1.82, 2.24) is 9.80 Å². The molecule has 0 fully saturated rings. The Morgan fingerprint density at radius 3 is 1.74 bits per heavy atom. The zero-order chi connectivity index (χ0) is 23.0. The summed E-state index contributed by atoms with van der Waals surface area (Å²) in [4.78, 5) is 28.9. The van der Waals surface area contributed by atoms with Gasteiger partial charge in [0.1, 0.15) is 0 Å². The molecule has 0 aromatic heterocycles. The van der Waals surface area contributed by atoms with Crippen LogP contribution in [0.5, 0.6) is 0 Å². The number of nitrogens with zero attached hydrogens (tertiary/aromatic N) is 3. The number of para-hydroxylation sites is 2. The number of carbonyl (C=O) groups is 2. The van der Waals surface area contributed by atoms with Crippen LogP contribution in [0.3, 0.4) is 0 Å². The molecule has 3 rings (SSSR count). The predicted molar refractivity (Wildman–Crippen MR) is 124 cm³/mol. The van der Waals surface area contributed by atoms with Crippen molar-refractivity contribution < 1.29 is 19.8 Å². The summed E-state index contributed by atoms with van der Waals surface area (Å²) in [5.74, 6) is -2.51. The average Bonchev–Trinajstić information content (AvgIpc) is 2.71. The first-order chi connectivity index (χ1) is 14.7. The number of likely N-dealkylation sites (N-methyl/N-ethyl adjacent to an activating group) is 2. The highest BCUT2D eigenvalue weighted by atomic mass is 32.2. The van der Waals surface area contributed by atoms with Crippen LogP contribution in [-0.4, -0.2) is 79.3 Å². The molecule has 8 heteroatoms. The largest absolute Gasteiger partial charge is 0.478 e. The minimum atomic E-state index is -1.26. The molecule has 1 heterocycles. The maximum Gasteiger partial charge on any atom is 0.328 e. The molecule has 2 N–H and O–H groups in total. The van der Waals surface area contributed by atoms with Crippen LogP contribution in [0.15, 0.2) is 70.5 Å².